The van der Waals surface area contributed by atoms with Gasteiger partial charge < -0.3 is 11.5 Å². The standard InChI is InChI=1S/C15H16F2N4O/c16-11-6-3-7-14(19,12(18)22)15(11,17)13-20-8-9-4-1-2-5-10(9)21-13/h1-2,4-5,8,11H,3,6-7,19H2,(H2,18,22). The van der Waals surface area contributed by atoms with Gasteiger partial charge in [-0.05, 0) is 25.3 Å². The largest absolute Gasteiger partial charge is 0.368 e. The molecule has 1 aliphatic rings. The molecule has 0 radical (unpaired) electrons. The fourth-order valence-electron chi connectivity index (χ4n) is 3.01. The first-order chi connectivity index (χ1) is 10.4. The van der Waals surface area contributed by atoms with Gasteiger partial charge in [-0.2, -0.15) is 0 Å². The first-order valence-electron chi connectivity index (χ1n) is 7.03. The Hall–Kier alpha value is -2.15. The van der Waals surface area contributed by atoms with Crippen molar-refractivity contribution in [2.75, 3.05) is 0 Å². The van der Waals surface area contributed by atoms with E-state index in [4.69, 9.17) is 11.5 Å². The van der Waals surface area contributed by atoms with Crippen molar-refractivity contribution in [3.63, 3.8) is 0 Å². The van der Waals surface area contributed by atoms with Gasteiger partial charge in [0, 0.05) is 11.6 Å². The summed E-state index contributed by atoms with van der Waals surface area (Å²) in [5.41, 5.74) is 6.60. The molecule has 3 unspecified atom stereocenters. The summed E-state index contributed by atoms with van der Waals surface area (Å²) in [6.07, 6.45) is -0.421. The number of nitrogens with two attached hydrogens (primary N) is 2. The zero-order valence-corrected chi connectivity index (χ0v) is 11.8. The summed E-state index contributed by atoms with van der Waals surface area (Å²) < 4.78 is 30.0. The van der Waals surface area contributed by atoms with Crippen molar-refractivity contribution in [2.45, 2.75) is 36.6 Å². The van der Waals surface area contributed by atoms with E-state index in [1.54, 1.807) is 24.3 Å². The molecule has 3 atom stereocenters. The van der Waals surface area contributed by atoms with Crippen LogP contribution in [0.15, 0.2) is 30.5 Å². The number of benzene rings is 1. The molecular weight excluding hydrogens is 290 g/mol. The van der Waals surface area contributed by atoms with Crippen LogP contribution in [-0.4, -0.2) is 27.6 Å². The summed E-state index contributed by atoms with van der Waals surface area (Å²) in [4.78, 5) is 19.7. The van der Waals surface area contributed by atoms with Crippen LogP contribution in [0.1, 0.15) is 25.1 Å². The van der Waals surface area contributed by atoms with Gasteiger partial charge in [-0.25, -0.2) is 18.7 Å². The topological polar surface area (TPSA) is 94.9 Å². The van der Waals surface area contributed by atoms with Crippen LogP contribution in [0.2, 0.25) is 0 Å². The van der Waals surface area contributed by atoms with Gasteiger partial charge in [-0.1, -0.05) is 18.2 Å². The monoisotopic (exact) mass is 306 g/mol. The molecule has 1 aliphatic carbocycles. The van der Waals surface area contributed by atoms with Crippen LogP contribution in [0, 0.1) is 0 Å². The Morgan fingerprint density at radius 2 is 2.09 bits per heavy atom. The number of alkyl halides is 2. The highest BCUT2D eigenvalue weighted by Gasteiger charge is 2.64. The molecule has 1 aromatic carbocycles. The Kier molecular flexibility index (Phi) is 3.32. The number of para-hydroxylation sites is 1. The first-order valence-corrected chi connectivity index (χ1v) is 7.03. The predicted molar refractivity (Wildman–Crippen MR) is 77.2 cm³/mol. The van der Waals surface area contributed by atoms with Crippen LogP contribution in [0.5, 0.6) is 0 Å². The summed E-state index contributed by atoms with van der Waals surface area (Å²) in [5, 5.41) is 0.683. The van der Waals surface area contributed by atoms with Crippen LogP contribution >= 0.6 is 0 Å². The summed E-state index contributed by atoms with van der Waals surface area (Å²) in [7, 11) is 0. The maximum absolute atomic E-state index is 15.6. The molecule has 2 aromatic rings. The van der Waals surface area contributed by atoms with E-state index in [0.717, 1.165) is 0 Å². The van der Waals surface area contributed by atoms with E-state index in [1.165, 1.54) is 6.20 Å². The van der Waals surface area contributed by atoms with E-state index in [-0.39, 0.29) is 19.3 Å². The summed E-state index contributed by atoms with van der Waals surface area (Å²) in [6.45, 7) is 0. The van der Waals surface area contributed by atoms with Gasteiger partial charge >= 0.3 is 0 Å². The van der Waals surface area contributed by atoms with Crippen LogP contribution in [0.25, 0.3) is 10.9 Å². The molecule has 5 nitrogen and oxygen atoms in total. The Morgan fingerprint density at radius 3 is 2.82 bits per heavy atom. The molecule has 1 fully saturated rings. The third-order valence-electron chi connectivity index (χ3n) is 4.36. The van der Waals surface area contributed by atoms with E-state index in [1.807, 2.05) is 0 Å². The third-order valence-corrected chi connectivity index (χ3v) is 4.36. The summed E-state index contributed by atoms with van der Waals surface area (Å²) in [6, 6.07) is 6.91. The predicted octanol–water partition coefficient (Wildman–Crippen LogP) is 1.50. The van der Waals surface area contributed by atoms with Crippen molar-refractivity contribution in [1.82, 2.24) is 9.97 Å². The third kappa shape index (κ3) is 1.89. The van der Waals surface area contributed by atoms with Crippen LogP contribution < -0.4 is 11.5 Å². The number of hydrogen-bond donors (Lipinski definition) is 2. The number of nitrogens with zero attached hydrogens (tertiary/aromatic N) is 2. The lowest BCUT2D eigenvalue weighted by Crippen LogP contribution is -2.69. The first kappa shape index (κ1) is 14.8. The smallest absolute Gasteiger partial charge is 0.241 e. The molecule has 1 saturated carbocycles. The van der Waals surface area contributed by atoms with E-state index in [9.17, 15) is 9.18 Å². The Labute approximate surface area is 125 Å². The SMILES string of the molecule is NC(=O)C1(N)CCCC(F)C1(F)c1ncc2ccccc2n1. The zero-order chi connectivity index (χ0) is 16.0. The van der Waals surface area contributed by atoms with Crippen LogP contribution in [-0.2, 0) is 10.5 Å². The van der Waals surface area contributed by atoms with Crippen molar-refractivity contribution in [3.05, 3.63) is 36.3 Å². The van der Waals surface area contributed by atoms with Crippen molar-refractivity contribution >= 4 is 16.8 Å². The number of primary amides is 1. The Bertz CT molecular complexity index is 740. The van der Waals surface area contributed by atoms with Gasteiger partial charge in [-0.15, -0.1) is 0 Å². The molecule has 3 rings (SSSR count). The van der Waals surface area contributed by atoms with Gasteiger partial charge in [0.15, 0.2) is 5.82 Å². The number of halogens is 2. The van der Waals surface area contributed by atoms with Crippen molar-refractivity contribution in [3.8, 4) is 0 Å². The molecule has 116 valence electrons. The lowest BCUT2D eigenvalue weighted by Gasteiger charge is -2.44. The number of amides is 1. The lowest BCUT2D eigenvalue weighted by atomic mass is 9.68. The summed E-state index contributed by atoms with van der Waals surface area (Å²) >= 11 is 0. The normalized spacial score (nSPS) is 32.0. The molecular formula is C15H16F2N4O. The zero-order valence-electron chi connectivity index (χ0n) is 11.8. The van der Waals surface area contributed by atoms with Gasteiger partial charge in [0.25, 0.3) is 0 Å². The molecule has 4 N–H and O–H groups in total. The van der Waals surface area contributed by atoms with Crippen molar-refractivity contribution < 1.29 is 13.6 Å². The minimum atomic E-state index is -2.83. The maximum Gasteiger partial charge on any atom is 0.241 e. The number of fused-ring (bicyclic) bond motifs is 1. The highest BCUT2D eigenvalue weighted by atomic mass is 19.2. The minimum absolute atomic E-state index is 0.0462. The number of hydrogen-bond acceptors (Lipinski definition) is 4. The Balaban J connectivity index is 2.20. The molecule has 22 heavy (non-hydrogen) atoms. The Morgan fingerprint density at radius 1 is 1.36 bits per heavy atom. The van der Waals surface area contributed by atoms with Gasteiger partial charge in [0.05, 0.1) is 5.52 Å². The quantitative estimate of drug-likeness (QED) is 0.879. The van der Waals surface area contributed by atoms with E-state index in [0.29, 0.717) is 10.9 Å². The fraction of sp³-hybridized carbons (Fsp3) is 0.400. The van der Waals surface area contributed by atoms with Crippen LogP contribution in [0.4, 0.5) is 8.78 Å². The maximum atomic E-state index is 15.6. The molecule has 1 amide bonds. The number of carbonyl (C=O) groups is 1. The highest BCUT2D eigenvalue weighted by molar-refractivity contribution is 5.87. The summed E-state index contributed by atoms with van der Waals surface area (Å²) in [5.74, 6) is -1.52. The van der Waals surface area contributed by atoms with E-state index < -0.39 is 29.1 Å². The molecule has 0 bridgehead atoms. The van der Waals surface area contributed by atoms with Crippen molar-refractivity contribution in [1.29, 1.82) is 0 Å². The van der Waals surface area contributed by atoms with E-state index >= 15 is 4.39 Å². The van der Waals surface area contributed by atoms with Gasteiger partial charge in [0.2, 0.25) is 11.6 Å². The second-order valence-electron chi connectivity index (χ2n) is 5.66. The van der Waals surface area contributed by atoms with Gasteiger partial charge in [-0.3, -0.25) is 4.79 Å². The molecule has 1 aromatic heterocycles. The molecule has 1 heterocycles. The highest BCUT2D eigenvalue weighted by Crippen LogP contribution is 2.47. The second-order valence-corrected chi connectivity index (χ2v) is 5.66. The minimum Gasteiger partial charge on any atom is -0.368 e. The molecule has 0 saturated heterocycles. The van der Waals surface area contributed by atoms with Gasteiger partial charge in [0.1, 0.15) is 11.7 Å². The number of rotatable bonds is 2. The average Bonchev–Trinajstić information content (AvgIpc) is 2.51. The average molecular weight is 306 g/mol. The molecule has 0 spiro atoms. The van der Waals surface area contributed by atoms with E-state index in [2.05, 4.69) is 9.97 Å². The van der Waals surface area contributed by atoms with Crippen molar-refractivity contribution in [2.24, 2.45) is 11.5 Å². The molecule has 0 aliphatic heterocycles. The fourth-order valence-corrected chi connectivity index (χ4v) is 3.01. The molecule has 7 heteroatoms. The lowest BCUT2D eigenvalue weighted by molar-refractivity contribution is -0.140. The number of aromatic nitrogens is 2. The number of carbonyl (C=O) groups excluding carboxylic acids is 1. The second kappa shape index (κ2) is 4.95. The van der Waals surface area contributed by atoms with Crippen LogP contribution in [0.3, 0.4) is 0 Å².